The number of likely N-dealkylation sites (N-methyl/N-ethyl adjacent to an activating group) is 1. The number of methoxy groups -OCH3 is 2. The van der Waals surface area contributed by atoms with Gasteiger partial charge in [-0.15, -0.1) is 0 Å². The summed E-state index contributed by atoms with van der Waals surface area (Å²) >= 11 is 0. The molecule has 6 nitrogen and oxygen atoms in total. The topological polar surface area (TPSA) is 54.9 Å². The fourth-order valence-electron chi connectivity index (χ4n) is 4.51. The number of carbonyl (C=O) groups excluding carboxylic acids is 1. The summed E-state index contributed by atoms with van der Waals surface area (Å²) in [5.74, 6) is 1.70. The van der Waals surface area contributed by atoms with Crippen LogP contribution in [0.3, 0.4) is 0 Å². The number of rotatable bonds is 7. The van der Waals surface area contributed by atoms with Crippen molar-refractivity contribution in [3.8, 4) is 22.6 Å². The molecule has 2 aromatic carbocycles. The molecule has 1 atom stereocenters. The molecular formula is C27H31N3O3. The summed E-state index contributed by atoms with van der Waals surface area (Å²) in [4.78, 5) is 21.6. The van der Waals surface area contributed by atoms with Crippen molar-refractivity contribution in [2.45, 2.75) is 13.0 Å². The molecule has 1 amide bonds. The summed E-state index contributed by atoms with van der Waals surface area (Å²) < 4.78 is 11.0. The number of hydrogen-bond donors (Lipinski definition) is 0. The Morgan fingerprint density at radius 2 is 1.76 bits per heavy atom. The largest absolute Gasteiger partial charge is 0.497 e. The van der Waals surface area contributed by atoms with Crippen molar-refractivity contribution < 1.29 is 14.3 Å². The minimum atomic E-state index is -0.128. The van der Waals surface area contributed by atoms with Crippen LogP contribution in [-0.2, 0) is 17.8 Å². The third-order valence-electron chi connectivity index (χ3n) is 6.31. The van der Waals surface area contributed by atoms with E-state index in [1.807, 2.05) is 54.4 Å². The highest BCUT2D eigenvalue weighted by atomic mass is 16.5. The van der Waals surface area contributed by atoms with E-state index in [0.717, 1.165) is 34.7 Å². The third kappa shape index (κ3) is 5.34. The Labute approximate surface area is 195 Å². The molecule has 1 aliphatic rings. The fourth-order valence-corrected chi connectivity index (χ4v) is 4.51. The van der Waals surface area contributed by atoms with Crippen LogP contribution in [0, 0.1) is 5.92 Å². The third-order valence-corrected chi connectivity index (χ3v) is 6.31. The lowest BCUT2D eigenvalue weighted by atomic mass is 9.91. The number of carbonyl (C=O) groups is 1. The summed E-state index contributed by atoms with van der Waals surface area (Å²) in [6.07, 6.45) is 4.30. The van der Waals surface area contributed by atoms with Crippen molar-refractivity contribution in [2.24, 2.45) is 5.92 Å². The molecule has 0 aliphatic carbocycles. The minimum Gasteiger partial charge on any atom is -0.497 e. The van der Waals surface area contributed by atoms with E-state index in [1.165, 1.54) is 5.56 Å². The van der Waals surface area contributed by atoms with Gasteiger partial charge in [0.05, 0.1) is 20.1 Å². The highest BCUT2D eigenvalue weighted by Crippen LogP contribution is 2.29. The number of amides is 1. The van der Waals surface area contributed by atoms with Crippen LogP contribution in [0.25, 0.3) is 11.1 Å². The van der Waals surface area contributed by atoms with Crippen molar-refractivity contribution in [1.29, 1.82) is 0 Å². The Kier molecular flexibility index (Phi) is 7.25. The summed E-state index contributed by atoms with van der Waals surface area (Å²) in [6.45, 7) is 2.90. The molecule has 1 fully saturated rings. The summed E-state index contributed by atoms with van der Waals surface area (Å²) in [5.41, 5.74) is 4.51. The number of ether oxygens (including phenoxy) is 2. The number of aromatic nitrogens is 1. The number of hydrogen-bond acceptors (Lipinski definition) is 5. The first kappa shape index (κ1) is 22.8. The SMILES string of the molecule is COc1ccc(OC)c(CN2CCN(C)C(=O)C(Cc3ccccc3-c3ccncc3)C2)c1. The second-order valence-electron chi connectivity index (χ2n) is 8.47. The van der Waals surface area contributed by atoms with Crippen LogP contribution in [0.4, 0.5) is 0 Å². The molecule has 33 heavy (non-hydrogen) atoms. The average Bonchev–Trinajstić information content (AvgIpc) is 2.98. The van der Waals surface area contributed by atoms with Crippen molar-refractivity contribution in [3.05, 3.63) is 78.1 Å². The van der Waals surface area contributed by atoms with Gasteiger partial charge in [0.2, 0.25) is 5.91 Å². The van der Waals surface area contributed by atoms with Gasteiger partial charge >= 0.3 is 0 Å². The Balaban J connectivity index is 1.58. The Morgan fingerprint density at radius 3 is 2.52 bits per heavy atom. The standard InChI is InChI=1S/C27H31N3O3/c1-29-14-15-30(18-22-17-24(32-2)8-9-26(22)33-3)19-23(27(29)31)16-21-6-4-5-7-25(21)20-10-12-28-13-11-20/h4-13,17,23H,14-16,18-19H2,1-3H3. The van der Waals surface area contributed by atoms with Gasteiger partial charge < -0.3 is 14.4 Å². The molecule has 1 aromatic heterocycles. The first-order valence-corrected chi connectivity index (χ1v) is 11.3. The lowest BCUT2D eigenvalue weighted by molar-refractivity contribution is -0.133. The average molecular weight is 446 g/mol. The maximum absolute atomic E-state index is 13.3. The van der Waals surface area contributed by atoms with E-state index in [4.69, 9.17) is 9.47 Å². The van der Waals surface area contributed by atoms with Gasteiger partial charge in [-0.2, -0.15) is 0 Å². The second kappa shape index (κ2) is 10.5. The number of pyridine rings is 1. The molecule has 172 valence electrons. The summed E-state index contributed by atoms with van der Waals surface area (Å²) in [5, 5.41) is 0. The minimum absolute atomic E-state index is 0.128. The van der Waals surface area contributed by atoms with Gasteiger partial charge in [-0.05, 0) is 53.4 Å². The zero-order chi connectivity index (χ0) is 23.2. The molecule has 3 aromatic rings. The van der Waals surface area contributed by atoms with E-state index < -0.39 is 0 Å². The van der Waals surface area contributed by atoms with Crippen LogP contribution in [0.1, 0.15) is 11.1 Å². The monoisotopic (exact) mass is 445 g/mol. The van der Waals surface area contributed by atoms with Gasteiger partial charge in [0.25, 0.3) is 0 Å². The molecule has 0 radical (unpaired) electrons. The van der Waals surface area contributed by atoms with Gasteiger partial charge in [-0.3, -0.25) is 14.7 Å². The quantitative estimate of drug-likeness (QED) is 0.552. The molecule has 6 heteroatoms. The van der Waals surface area contributed by atoms with Crippen LogP contribution < -0.4 is 9.47 Å². The lowest BCUT2D eigenvalue weighted by Crippen LogP contribution is -2.34. The van der Waals surface area contributed by atoms with Gasteiger partial charge in [0.1, 0.15) is 11.5 Å². The van der Waals surface area contributed by atoms with E-state index in [0.29, 0.717) is 26.1 Å². The van der Waals surface area contributed by atoms with Crippen molar-refractivity contribution in [3.63, 3.8) is 0 Å². The Bertz CT molecular complexity index is 1090. The van der Waals surface area contributed by atoms with Crippen LogP contribution in [-0.4, -0.2) is 61.6 Å². The smallest absolute Gasteiger partial charge is 0.227 e. The normalized spacial score (nSPS) is 17.0. The molecule has 0 saturated carbocycles. The molecular weight excluding hydrogens is 414 g/mol. The lowest BCUT2D eigenvalue weighted by Gasteiger charge is -2.24. The van der Waals surface area contributed by atoms with Gasteiger partial charge in [-0.1, -0.05) is 24.3 Å². The molecule has 1 unspecified atom stereocenters. The van der Waals surface area contributed by atoms with E-state index >= 15 is 0 Å². The first-order valence-electron chi connectivity index (χ1n) is 11.3. The van der Waals surface area contributed by atoms with E-state index in [2.05, 4.69) is 22.0 Å². The predicted octanol–water partition coefficient (Wildman–Crippen LogP) is 3.90. The zero-order valence-electron chi connectivity index (χ0n) is 19.5. The molecule has 0 spiro atoms. The fraction of sp³-hybridized carbons (Fsp3) is 0.333. The van der Waals surface area contributed by atoms with Crippen LogP contribution in [0.15, 0.2) is 67.0 Å². The molecule has 0 N–H and O–H groups in total. The molecule has 4 rings (SSSR count). The maximum atomic E-state index is 13.3. The Morgan fingerprint density at radius 1 is 0.970 bits per heavy atom. The van der Waals surface area contributed by atoms with Crippen molar-refractivity contribution in [1.82, 2.24) is 14.8 Å². The van der Waals surface area contributed by atoms with Crippen LogP contribution >= 0.6 is 0 Å². The zero-order valence-corrected chi connectivity index (χ0v) is 19.5. The van der Waals surface area contributed by atoms with Crippen LogP contribution in [0.5, 0.6) is 11.5 Å². The predicted molar refractivity (Wildman–Crippen MR) is 129 cm³/mol. The van der Waals surface area contributed by atoms with E-state index in [9.17, 15) is 4.79 Å². The van der Waals surface area contributed by atoms with E-state index in [-0.39, 0.29) is 11.8 Å². The highest BCUT2D eigenvalue weighted by molar-refractivity contribution is 5.80. The van der Waals surface area contributed by atoms with Gasteiger partial charge in [-0.25, -0.2) is 0 Å². The number of nitrogens with zero attached hydrogens (tertiary/aromatic N) is 3. The van der Waals surface area contributed by atoms with Crippen molar-refractivity contribution in [2.75, 3.05) is 40.9 Å². The van der Waals surface area contributed by atoms with Crippen molar-refractivity contribution >= 4 is 5.91 Å². The summed E-state index contributed by atoms with van der Waals surface area (Å²) in [6, 6.07) is 18.2. The van der Waals surface area contributed by atoms with Crippen LogP contribution in [0.2, 0.25) is 0 Å². The summed E-state index contributed by atoms with van der Waals surface area (Å²) in [7, 11) is 5.25. The maximum Gasteiger partial charge on any atom is 0.227 e. The first-order chi connectivity index (χ1) is 16.1. The van der Waals surface area contributed by atoms with E-state index in [1.54, 1.807) is 26.6 Å². The Hall–Kier alpha value is -3.38. The van der Waals surface area contributed by atoms with Gasteiger partial charge in [0.15, 0.2) is 0 Å². The molecule has 1 aliphatic heterocycles. The molecule has 0 bridgehead atoms. The molecule has 1 saturated heterocycles. The second-order valence-corrected chi connectivity index (χ2v) is 8.47. The molecule has 2 heterocycles. The highest BCUT2D eigenvalue weighted by Gasteiger charge is 2.29. The van der Waals surface area contributed by atoms with Gasteiger partial charge in [0, 0.05) is 51.2 Å². The number of benzene rings is 2.